The van der Waals surface area contributed by atoms with Gasteiger partial charge in [-0.25, -0.2) is 4.79 Å². The normalized spacial score (nSPS) is 10.0. The number of aliphatic carboxylic acids is 1. The largest absolute Gasteiger partial charge is 0.497 e. The van der Waals surface area contributed by atoms with Gasteiger partial charge in [-0.3, -0.25) is 4.79 Å². The Labute approximate surface area is 133 Å². The predicted molar refractivity (Wildman–Crippen MR) is 85.3 cm³/mol. The molecule has 120 valence electrons. The number of ether oxygens (including phenoxy) is 2. The second-order valence-corrected chi connectivity index (χ2v) is 4.85. The summed E-state index contributed by atoms with van der Waals surface area (Å²) in [5.41, 5.74) is 1.85. The maximum absolute atomic E-state index is 12.2. The fourth-order valence-electron chi connectivity index (χ4n) is 1.97. The monoisotopic (exact) mass is 315 g/mol. The summed E-state index contributed by atoms with van der Waals surface area (Å²) >= 11 is 0. The molecular formula is C17H17NO5. The number of rotatable bonds is 6. The van der Waals surface area contributed by atoms with Crippen molar-refractivity contribution in [3.8, 4) is 11.5 Å². The van der Waals surface area contributed by atoms with E-state index in [-0.39, 0.29) is 5.91 Å². The lowest BCUT2D eigenvalue weighted by Gasteiger charge is -2.10. The van der Waals surface area contributed by atoms with E-state index in [1.807, 2.05) is 0 Å². The zero-order chi connectivity index (χ0) is 16.8. The first-order valence-electron chi connectivity index (χ1n) is 6.90. The van der Waals surface area contributed by atoms with E-state index in [0.29, 0.717) is 22.7 Å². The highest BCUT2D eigenvalue weighted by Gasteiger charge is 2.08. The van der Waals surface area contributed by atoms with Crippen LogP contribution in [0.2, 0.25) is 0 Å². The van der Waals surface area contributed by atoms with Gasteiger partial charge in [0, 0.05) is 11.3 Å². The van der Waals surface area contributed by atoms with E-state index in [1.165, 1.54) is 0 Å². The van der Waals surface area contributed by atoms with Crippen LogP contribution < -0.4 is 14.8 Å². The van der Waals surface area contributed by atoms with Crippen molar-refractivity contribution in [2.45, 2.75) is 6.92 Å². The summed E-state index contributed by atoms with van der Waals surface area (Å²) in [5, 5.41) is 11.4. The summed E-state index contributed by atoms with van der Waals surface area (Å²) in [4.78, 5) is 22.7. The number of amides is 1. The highest BCUT2D eigenvalue weighted by atomic mass is 16.5. The van der Waals surface area contributed by atoms with Gasteiger partial charge in [-0.1, -0.05) is 0 Å². The third kappa shape index (κ3) is 4.47. The highest BCUT2D eigenvalue weighted by molar-refractivity contribution is 6.04. The molecule has 0 atom stereocenters. The van der Waals surface area contributed by atoms with E-state index < -0.39 is 12.6 Å². The van der Waals surface area contributed by atoms with Gasteiger partial charge in [0.1, 0.15) is 11.5 Å². The molecular weight excluding hydrogens is 298 g/mol. The summed E-state index contributed by atoms with van der Waals surface area (Å²) < 4.78 is 10.2. The lowest BCUT2D eigenvalue weighted by atomic mass is 10.1. The summed E-state index contributed by atoms with van der Waals surface area (Å²) in [6.45, 7) is 1.37. The third-order valence-corrected chi connectivity index (χ3v) is 3.14. The first kappa shape index (κ1) is 16.4. The Balaban J connectivity index is 2.05. The van der Waals surface area contributed by atoms with Crippen molar-refractivity contribution in [2.75, 3.05) is 19.0 Å². The van der Waals surface area contributed by atoms with Gasteiger partial charge in [-0.2, -0.15) is 0 Å². The van der Waals surface area contributed by atoms with E-state index in [9.17, 15) is 9.59 Å². The van der Waals surface area contributed by atoms with Crippen LogP contribution in [0.15, 0.2) is 42.5 Å². The van der Waals surface area contributed by atoms with E-state index in [1.54, 1.807) is 56.5 Å². The molecule has 0 heterocycles. The molecule has 0 saturated heterocycles. The number of hydrogen-bond acceptors (Lipinski definition) is 4. The molecule has 0 saturated carbocycles. The summed E-state index contributed by atoms with van der Waals surface area (Å²) in [5.74, 6) is -0.139. The molecule has 0 fully saturated rings. The SMILES string of the molecule is COc1ccc(C(=O)Nc2ccc(OCC(=O)O)c(C)c2)cc1. The number of carbonyl (C=O) groups is 2. The minimum Gasteiger partial charge on any atom is -0.497 e. The second kappa shape index (κ2) is 7.31. The van der Waals surface area contributed by atoms with Gasteiger partial charge >= 0.3 is 5.97 Å². The number of anilines is 1. The number of carbonyl (C=O) groups excluding carboxylic acids is 1. The Hall–Kier alpha value is -3.02. The van der Waals surface area contributed by atoms with Gasteiger partial charge < -0.3 is 19.9 Å². The Morgan fingerprint density at radius 1 is 1.13 bits per heavy atom. The maximum Gasteiger partial charge on any atom is 0.341 e. The zero-order valence-electron chi connectivity index (χ0n) is 12.8. The smallest absolute Gasteiger partial charge is 0.341 e. The van der Waals surface area contributed by atoms with E-state index in [2.05, 4.69) is 5.32 Å². The molecule has 0 aliphatic carbocycles. The third-order valence-electron chi connectivity index (χ3n) is 3.14. The van der Waals surface area contributed by atoms with Crippen LogP contribution in [0, 0.1) is 6.92 Å². The molecule has 0 radical (unpaired) electrons. The predicted octanol–water partition coefficient (Wildman–Crippen LogP) is 2.72. The quantitative estimate of drug-likeness (QED) is 0.856. The number of nitrogens with one attached hydrogen (secondary N) is 1. The lowest BCUT2D eigenvalue weighted by molar-refractivity contribution is -0.139. The van der Waals surface area contributed by atoms with E-state index >= 15 is 0 Å². The van der Waals surface area contributed by atoms with E-state index in [4.69, 9.17) is 14.6 Å². The van der Waals surface area contributed by atoms with Crippen molar-refractivity contribution in [1.82, 2.24) is 0 Å². The van der Waals surface area contributed by atoms with Crippen molar-refractivity contribution < 1.29 is 24.2 Å². The van der Waals surface area contributed by atoms with Crippen LogP contribution in [-0.2, 0) is 4.79 Å². The molecule has 0 spiro atoms. The number of carboxylic acids is 1. The highest BCUT2D eigenvalue weighted by Crippen LogP contribution is 2.22. The van der Waals surface area contributed by atoms with Gasteiger partial charge in [-0.15, -0.1) is 0 Å². The van der Waals surface area contributed by atoms with Crippen molar-refractivity contribution in [2.24, 2.45) is 0 Å². The van der Waals surface area contributed by atoms with Crippen LogP contribution in [0.3, 0.4) is 0 Å². The van der Waals surface area contributed by atoms with Crippen LogP contribution in [-0.4, -0.2) is 30.7 Å². The Morgan fingerprint density at radius 3 is 2.39 bits per heavy atom. The fraction of sp³-hybridized carbons (Fsp3) is 0.176. The summed E-state index contributed by atoms with van der Waals surface area (Å²) in [6, 6.07) is 11.8. The molecule has 23 heavy (non-hydrogen) atoms. The molecule has 2 aromatic carbocycles. The van der Waals surface area contributed by atoms with Crippen molar-refractivity contribution in [1.29, 1.82) is 0 Å². The minimum absolute atomic E-state index is 0.244. The van der Waals surface area contributed by atoms with E-state index in [0.717, 1.165) is 5.56 Å². The fourth-order valence-corrected chi connectivity index (χ4v) is 1.97. The first-order valence-corrected chi connectivity index (χ1v) is 6.90. The van der Waals surface area contributed by atoms with Gasteiger partial charge in [0.25, 0.3) is 5.91 Å². The molecule has 0 aliphatic heterocycles. The van der Waals surface area contributed by atoms with Gasteiger partial charge in [0.2, 0.25) is 0 Å². The van der Waals surface area contributed by atoms with Gasteiger partial charge in [-0.05, 0) is 55.0 Å². The van der Waals surface area contributed by atoms with Crippen molar-refractivity contribution in [3.05, 3.63) is 53.6 Å². The molecule has 0 unspecified atom stereocenters. The average Bonchev–Trinajstić information content (AvgIpc) is 2.54. The number of carboxylic acid groups (broad SMARTS) is 1. The number of benzene rings is 2. The Bertz CT molecular complexity index is 709. The van der Waals surface area contributed by atoms with Gasteiger partial charge in [0.15, 0.2) is 6.61 Å². The molecule has 6 heteroatoms. The first-order chi connectivity index (χ1) is 11.0. The average molecular weight is 315 g/mol. The van der Waals surface area contributed by atoms with Crippen LogP contribution >= 0.6 is 0 Å². The van der Waals surface area contributed by atoms with Crippen LogP contribution in [0.5, 0.6) is 11.5 Å². The molecule has 2 aromatic rings. The van der Waals surface area contributed by atoms with Gasteiger partial charge in [0.05, 0.1) is 7.11 Å². The Morgan fingerprint density at radius 2 is 1.83 bits per heavy atom. The maximum atomic E-state index is 12.2. The minimum atomic E-state index is -1.04. The lowest BCUT2D eigenvalue weighted by Crippen LogP contribution is -2.12. The summed E-state index contributed by atoms with van der Waals surface area (Å²) in [6.07, 6.45) is 0. The zero-order valence-corrected chi connectivity index (χ0v) is 12.8. The number of methoxy groups -OCH3 is 1. The molecule has 1 amide bonds. The summed E-state index contributed by atoms with van der Waals surface area (Å²) in [7, 11) is 1.56. The van der Waals surface area contributed by atoms with Crippen LogP contribution in [0.1, 0.15) is 15.9 Å². The number of aryl methyl sites for hydroxylation is 1. The molecule has 0 bridgehead atoms. The molecule has 2 rings (SSSR count). The molecule has 6 nitrogen and oxygen atoms in total. The van der Waals surface area contributed by atoms with Crippen molar-refractivity contribution >= 4 is 17.6 Å². The molecule has 2 N–H and O–H groups in total. The van der Waals surface area contributed by atoms with Crippen LogP contribution in [0.25, 0.3) is 0 Å². The molecule has 0 aromatic heterocycles. The van der Waals surface area contributed by atoms with Crippen molar-refractivity contribution in [3.63, 3.8) is 0 Å². The topological polar surface area (TPSA) is 84.9 Å². The van der Waals surface area contributed by atoms with Crippen LogP contribution in [0.4, 0.5) is 5.69 Å². The second-order valence-electron chi connectivity index (χ2n) is 4.85. The standard InChI is InChI=1S/C17H17NO5/c1-11-9-13(5-8-15(11)23-10-16(19)20)18-17(21)12-3-6-14(22-2)7-4-12/h3-9H,10H2,1-2H3,(H,18,21)(H,19,20). The Kier molecular flexibility index (Phi) is 5.19. The number of hydrogen-bond donors (Lipinski definition) is 2. The molecule has 0 aliphatic rings.